The summed E-state index contributed by atoms with van der Waals surface area (Å²) < 4.78 is 0. The molecule has 5 heteroatoms. The lowest BCUT2D eigenvalue weighted by Gasteiger charge is -2.26. The van der Waals surface area contributed by atoms with Gasteiger partial charge in [0.15, 0.2) is 0 Å². The first-order valence-corrected chi connectivity index (χ1v) is 6.22. The fourth-order valence-electron chi connectivity index (χ4n) is 2.95. The second-order valence-corrected chi connectivity index (χ2v) is 5.25. The van der Waals surface area contributed by atoms with Crippen LogP contribution in [0.3, 0.4) is 0 Å². The van der Waals surface area contributed by atoms with Gasteiger partial charge in [-0.15, -0.1) is 0 Å². The second kappa shape index (κ2) is 4.64. The molecule has 0 bridgehead atoms. The van der Waals surface area contributed by atoms with Gasteiger partial charge in [0.25, 0.3) is 0 Å². The molecule has 2 rings (SSSR count). The van der Waals surface area contributed by atoms with Crippen molar-refractivity contribution in [2.24, 2.45) is 11.8 Å². The molecule has 0 radical (unpaired) electrons. The van der Waals surface area contributed by atoms with Gasteiger partial charge in [0.2, 0.25) is 5.91 Å². The molecule has 96 valence electrons. The number of likely N-dealkylation sites (tertiary alicyclic amines) is 2. The van der Waals surface area contributed by atoms with Crippen molar-refractivity contribution in [1.82, 2.24) is 9.80 Å². The third kappa shape index (κ3) is 2.29. The topological polar surface area (TPSA) is 60.9 Å². The summed E-state index contributed by atoms with van der Waals surface area (Å²) in [4.78, 5) is 27.2. The van der Waals surface area contributed by atoms with Crippen LogP contribution in [0.2, 0.25) is 0 Å². The van der Waals surface area contributed by atoms with Crippen molar-refractivity contribution in [3.63, 3.8) is 0 Å². The summed E-state index contributed by atoms with van der Waals surface area (Å²) in [6.45, 7) is 4.21. The van der Waals surface area contributed by atoms with E-state index in [1.807, 2.05) is 14.0 Å². The number of carboxylic acid groups (broad SMARTS) is 1. The van der Waals surface area contributed by atoms with E-state index in [0.717, 1.165) is 19.5 Å². The number of nitrogens with zero attached hydrogens (tertiary/aromatic N) is 2. The molecule has 0 aromatic heterocycles. The molecule has 1 amide bonds. The summed E-state index contributed by atoms with van der Waals surface area (Å²) in [6, 6.07) is -0.161. The molecule has 2 aliphatic rings. The summed E-state index contributed by atoms with van der Waals surface area (Å²) in [5.41, 5.74) is 0. The fourth-order valence-corrected chi connectivity index (χ4v) is 2.95. The maximum absolute atomic E-state index is 12.3. The molecule has 1 N–H and O–H groups in total. The van der Waals surface area contributed by atoms with Crippen molar-refractivity contribution in [3.8, 4) is 0 Å². The number of aliphatic carboxylic acids is 1. The molecule has 2 aliphatic heterocycles. The summed E-state index contributed by atoms with van der Waals surface area (Å²) >= 11 is 0. The van der Waals surface area contributed by atoms with E-state index in [4.69, 9.17) is 5.11 Å². The van der Waals surface area contributed by atoms with Crippen LogP contribution in [0.25, 0.3) is 0 Å². The minimum atomic E-state index is -0.781. The molecule has 0 spiro atoms. The van der Waals surface area contributed by atoms with E-state index in [1.165, 1.54) is 0 Å². The highest BCUT2D eigenvalue weighted by molar-refractivity contribution is 5.81. The van der Waals surface area contributed by atoms with Crippen LogP contribution in [-0.2, 0) is 9.59 Å². The predicted molar refractivity (Wildman–Crippen MR) is 62.5 cm³/mol. The average molecular weight is 240 g/mol. The van der Waals surface area contributed by atoms with Gasteiger partial charge < -0.3 is 14.9 Å². The number of hydrogen-bond acceptors (Lipinski definition) is 3. The van der Waals surface area contributed by atoms with Crippen LogP contribution in [0.4, 0.5) is 0 Å². The van der Waals surface area contributed by atoms with Gasteiger partial charge >= 0.3 is 5.97 Å². The first-order valence-electron chi connectivity index (χ1n) is 6.22. The molecule has 17 heavy (non-hydrogen) atoms. The van der Waals surface area contributed by atoms with Gasteiger partial charge in [-0.1, -0.05) is 0 Å². The van der Waals surface area contributed by atoms with Gasteiger partial charge in [0.1, 0.15) is 0 Å². The van der Waals surface area contributed by atoms with E-state index in [2.05, 4.69) is 4.90 Å². The highest BCUT2D eigenvalue weighted by Gasteiger charge is 2.41. The Kier molecular flexibility index (Phi) is 3.38. The highest BCUT2D eigenvalue weighted by atomic mass is 16.4. The number of rotatable bonds is 2. The second-order valence-electron chi connectivity index (χ2n) is 5.25. The molecule has 2 fully saturated rings. The van der Waals surface area contributed by atoms with E-state index in [1.54, 1.807) is 4.90 Å². The van der Waals surface area contributed by atoms with Gasteiger partial charge in [0, 0.05) is 19.1 Å². The first kappa shape index (κ1) is 12.4. The number of hydrogen-bond donors (Lipinski definition) is 1. The van der Waals surface area contributed by atoms with Crippen LogP contribution < -0.4 is 0 Å². The minimum absolute atomic E-state index is 0.0648. The van der Waals surface area contributed by atoms with Crippen LogP contribution in [-0.4, -0.2) is 59.5 Å². The lowest BCUT2D eigenvalue weighted by Crippen LogP contribution is -2.41. The van der Waals surface area contributed by atoms with E-state index in [9.17, 15) is 9.59 Å². The Hall–Kier alpha value is -1.10. The van der Waals surface area contributed by atoms with E-state index in [-0.39, 0.29) is 17.9 Å². The highest BCUT2D eigenvalue weighted by Crippen LogP contribution is 2.28. The Balaban J connectivity index is 1.99. The molecular weight excluding hydrogens is 220 g/mol. The Morgan fingerprint density at radius 1 is 1.24 bits per heavy atom. The van der Waals surface area contributed by atoms with E-state index >= 15 is 0 Å². The molecule has 3 unspecified atom stereocenters. The SMILES string of the molecule is CC1C(C(=O)O)CCN1C(=O)C1CCN(C)C1. The Labute approximate surface area is 101 Å². The molecule has 3 atom stereocenters. The molecular formula is C12H20N2O3. The normalized spacial score (nSPS) is 34.2. The van der Waals surface area contributed by atoms with Crippen molar-refractivity contribution in [1.29, 1.82) is 0 Å². The van der Waals surface area contributed by atoms with E-state index < -0.39 is 11.9 Å². The number of amides is 1. The largest absolute Gasteiger partial charge is 0.481 e. The van der Waals surface area contributed by atoms with E-state index in [0.29, 0.717) is 13.0 Å². The maximum Gasteiger partial charge on any atom is 0.308 e. The zero-order chi connectivity index (χ0) is 12.6. The summed E-state index contributed by atoms with van der Waals surface area (Å²) in [5.74, 6) is -0.963. The number of carbonyl (C=O) groups is 2. The summed E-state index contributed by atoms with van der Waals surface area (Å²) in [7, 11) is 2.01. The van der Waals surface area contributed by atoms with Crippen molar-refractivity contribution >= 4 is 11.9 Å². The minimum Gasteiger partial charge on any atom is -0.481 e. The smallest absolute Gasteiger partial charge is 0.308 e. The standard InChI is InChI=1S/C12H20N2O3/c1-8-10(12(16)17)4-6-14(8)11(15)9-3-5-13(2)7-9/h8-10H,3-7H2,1-2H3,(H,16,17). The van der Waals surface area contributed by atoms with Crippen molar-refractivity contribution in [2.75, 3.05) is 26.7 Å². The van der Waals surface area contributed by atoms with Gasteiger partial charge in [-0.25, -0.2) is 0 Å². The van der Waals surface area contributed by atoms with Crippen LogP contribution >= 0.6 is 0 Å². The van der Waals surface area contributed by atoms with Crippen LogP contribution in [0.5, 0.6) is 0 Å². The molecule has 5 nitrogen and oxygen atoms in total. The quantitative estimate of drug-likeness (QED) is 0.752. The molecule has 0 aromatic carbocycles. The van der Waals surface area contributed by atoms with Crippen LogP contribution in [0.15, 0.2) is 0 Å². The third-order valence-electron chi connectivity index (χ3n) is 4.10. The van der Waals surface area contributed by atoms with Gasteiger partial charge in [0.05, 0.1) is 11.8 Å². The van der Waals surface area contributed by atoms with Crippen molar-refractivity contribution < 1.29 is 14.7 Å². The van der Waals surface area contributed by atoms with Crippen LogP contribution in [0, 0.1) is 11.8 Å². The molecule has 0 saturated carbocycles. The van der Waals surface area contributed by atoms with Crippen molar-refractivity contribution in [2.45, 2.75) is 25.8 Å². The number of carboxylic acids is 1. The first-order chi connectivity index (χ1) is 8.00. The average Bonchev–Trinajstić information content (AvgIpc) is 2.83. The van der Waals surface area contributed by atoms with Crippen molar-refractivity contribution in [3.05, 3.63) is 0 Å². The predicted octanol–water partition coefficient (Wildman–Crippen LogP) is 0.260. The lowest BCUT2D eigenvalue weighted by molar-refractivity contribution is -0.143. The fraction of sp³-hybridized carbons (Fsp3) is 0.833. The van der Waals surface area contributed by atoms with Gasteiger partial charge in [-0.2, -0.15) is 0 Å². The van der Waals surface area contributed by atoms with Crippen LogP contribution in [0.1, 0.15) is 19.8 Å². The van der Waals surface area contributed by atoms with Gasteiger partial charge in [-0.05, 0) is 33.4 Å². The summed E-state index contributed by atoms with van der Waals surface area (Å²) in [6.07, 6.45) is 1.49. The molecule has 0 aliphatic carbocycles. The third-order valence-corrected chi connectivity index (χ3v) is 4.10. The molecule has 2 saturated heterocycles. The zero-order valence-electron chi connectivity index (χ0n) is 10.4. The maximum atomic E-state index is 12.3. The molecule has 2 heterocycles. The summed E-state index contributed by atoms with van der Waals surface area (Å²) in [5, 5.41) is 9.04. The zero-order valence-corrected chi connectivity index (χ0v) is 10.4. The monoisotopic (exact) mass is 240 g/mol. The molecule has 0 aromatic rings. The number of carbonyl (C=O) groups excluding carboxylic acids is 1. The Bertz CT molecular complexity index is 332. The Morgan fingerprint density at radius 3 is 2.41 bits per heavy atom. The lowest BCUT2D eigenvalue weighted by atomic mass is 10.0. The Morgan fingerprint density at radius 2 is 1.94 bits per heavy atom. The van der Waals surface area contributed by atoms with Gasteiger partial charge in [-0.3, -0.25) is 9.59 Å².